The Hall–Kier alpha value is -0.420. The van der Waals surface area contributed by atoms with E-state index in [1.807, 2.05) is 0 Å². The SMILES string of the molecule is CCC(N)C(c1ccc(Br)cc1)N(CC)CCCO. The molecule has 0 fully saturated rings. The summed E-state index contributed by atoms with van der Waals surface area (Å²) in [6.45, 7) is 6.31. The second-order valence-electron chi connectivity index (χ2n) is 4.77. The van der Waals surface area contributed by atoms with Crippen LogP contribution in [0.4, 0.5) is 0 Å². The molecule has 0 spiro atoms. The number of rotatable bonds is 8. The third kappa shape index (κ3) is 4.88. The summed E-state index contributed by atoms with van der Waals surface area (Å²) in [7, 11) is 0. The van der Waals surface area contributed by atoms with Gasteiger partial charge in [0.25, 0.3) is 0 Å². The standard InChI is InChI=1S/C15H25BrN2O/c1-3-14(17)15(18(4-2)10-5-11-19)12-6-8-13(16)9-7-12/h6-9,14-15,19H,3-5,10-11,17H2,1-2H3. The van der Waals surface area contributed by atoms with Crippen LogP contribution in [0.2, 0.25) is 0 Å². The fourth-order valence-electron chi connectivity index (χ4n) is 2.38. The van der Waals surface area contributed by atoms with Crippen molar-refractivity contribution in [3.05, 3.63) is 34.3 Å². The molecule has 19 heavy (non-hydrogen) atoms. The first-order valence-electron chi connectivity index (χ1n) is 7.00. The van der Waals surface area contributed by atoms with Crippen molar-refractivity contribution in [2.45, 2.75) is 38.8 Å². The van der Waals surface area contributed by atoms with Gasteiger partial charge in [-0.05, 0) is 37.1 Å². The minimum atomic E-state index is 0.111. The maximum absolute atomic E-state index is 9.03. The first kappa shape index (κ1) is 16.6. The van der Waals surface area contributed by atoms with Crippen LogP contribution in [0, 0.1) is 0 Å². The van der Waals surface area contributed by atoms with Crippen LogP contribution in [-0.2, 0) is 0 Å². The minimum Gasteiger partial charge on any atom is -0.396 e. The zero-order chi connectivity index (χ0) is 14.3. The third-order valence-corrected chi connectivity index (χ3v) is 4.02. The van der Waals surface area contributed by atoms with Gasteiger partial charge in [-0.1, -0.05) is 41.9 Å². The molecule has 2 atom stereocenters. The largest absolute Gasteiger partial charge is 0.396 e. The van der Waals surface area contributed by atoms with E-state index in [0.29, 0.717) is 0 Å². The molecule has 1 rings (SSSR count). The molecule has 108 valence electrons. The van der Waals surface area contributed by atoms with Crippen molar-refractivity contribution in [3.8, 4) is 0 Å². The van der Waals surface area contributed by atoms with Crippen LogP contribution < -0.4 is 5.73 Å². The van der Waals surface area contributed by atoms with E-state index < -0.39 is 0 Å². The molecule has 1 aromatic rings. The van der Waals surface area contributed by atoms with Gasteiger partial charge in [0.15, 0.2) is 0 Å². The third-order valence-electron chi connectivity index (χ3n) is 3.49. The molecule has 0 heterocycles. The lowest BCUT2D eigenvalue weighted by atomic mass is 9.96. The van der Waals surface area contributed by atoms with Gasteiger partial charge in [0.05, 0.1) is 0 Å². The summed E-state index contributed by atoms with van der Waals surface area (Å²) in [6.07, 6.45) is 1.73. The lowest BCUT2D eigenvalue weighted by molar-refractivity contribution is 0.159. The van der Waals surface area contributed by atoms with Crippen molar-refractivity contribution < 1.29 is 5.11 Å². The number of aliphatic hydroxyl groups is 1. The number of benzene rings is 1. The Kier molecular flexibility index (Phi) is 7.61. The second-order valence-corrected chi connectivity index (χ2v) is 5.69. The van der Waals surface area contributed by atoms with Gasteiger partial charge in [0, 0.05) is 29.7 Å². The van der Waals surface area contributed by atoms with E-state index in [1.54, 1.807) is 0 Å². The lowest BCUT2D eigenvalue weighted by Crippen LogP contribution is -2.41. The Morgan fingerprint density at radius 1 is 1.26 bits per heavy atom. The molecule has 0 aliphatic rings. The molecular weight excluding hydrogens is 304 g/mol. The van der Waals surface area contributed by atoms with Crippen molar-refractivity contribution in [2.24, 2.45) is 5.73 Å². The van der Waals surface area contributed by atoms with Crippen molar-refractivity contribution in [1.82, 2.24) is 4.90 Å². The van der Waals surface area contributed by atoms with Gasteiger partial charge >= 0.3 is 0 Å². The highest BCUT2D eigenvalue weighted by Crippen LogP contribution is 2.26. The fourth-order valence-corrected chi connectivity index (χ4v) is 2.64. The van der Waals surface area contributed by atoms with Crippen molar-refractivity contribution in [1.29, 1.82) is 0 Å². The van der Waals surface area contributed by atoms with E-state index in [9.17, 15) is 0 Å². The van der Waals surface area contributed by atoms with Gasteiger partial charge in [-0.3, -0.25) is 4.90 Å². The van der Waals surface area contributed by atoms with Gasteiger partial charge in [-0.15, -0.1) is 0 Å². The zero-order valence-electron chi connectivity index (χ0n) is 11.8. The lowest BCUT2D eigenvalue weighted by Gasteiger charge is -2.35. The predicted molar refractivity (Wildman–Crippen MR) is 84.1 cm³/mol. The first-order valence-corrected chi connectivity index (χ1v) is 7.79. The van der Waals surface area contributed by atoms with E-state index in [1.165, 1.54) is 5.56 Å². The Morgan fingerprint density at radius 3 is 2.37 bits per heavy atom. The summed E-state index contributed by atoms with van der Waals surface area (Å²) in [6, 6.07) is 8.71. The van der Waals surface area contributed by atoms with E-state index in [4.69, 9.17) is 10.8 Å². The zero-order valence-corrected chi connectivity index (χ0v) is 13.4. The topological polar surface area (TPSA) is 49.5 Å². The van der Waals surface area contributed by atoms with E-state index in [2.05, 4.69) is 58.9 Å². The Labute approximate surface area is 124 Å². The maximum Gasteiger partial charge on any atom is 0.0498 e. The van der Waals surface area contributed by atoms with Crippen LogP contribution in [0.25, 0.3) is 0 Å². The second kappa shape index (κ2) is 8.69. The Morgan fingerprint density at radius 2 is 1.89 bits per heavy atom. The van der Waals surface area contributed by atoms with Crippen molar-refractivity contribution >= 4 is 15.9 Å². The smallest absolute Gasteiger partial charge is 0.0498 e. The molecular formula is C15H25BrN2O. The highest BCUT2D eigenvalue weighted by molar-refractivity contribution is 9.10. The van der Waals surface area contributed by atoms with E-state index >= 15 is 0 Å². The molecule has 0 aromatic heterocycles. The summed E-state index contributed by atoms with van der Waals surface area (Å²) in [5.74, 6) is 0. The van der Waals surface area contributed by atoms with Crippen LogP contribution >= 0.6 is 15.9 Å². The van der Waals surface area contributed by atoms with Crippen LogP contribution in [0.5, 0.6) is 0 Å². The van der Waals surface area contributed by atoms with E-state index in [0.717, 1.165) is 30.4 Å². The van der Waals surface area contributed by atoms with Crippen LogP contribution in [0.1, 0.15) is 38.3 Å². The highest BCUT2D eigenvalue weighted by atomic mass is 79.9. The van der Waals surface area contributed by atoms with Gasteiger partial charge in [-0.2, -0.15) is 0 Å². The molecule has 3 nitrogen and oxygen atoms in total. The van der Waals surface area contributed by atoms with Crippen LogP contribution in [0.3, 0.4) is 0 Å². The molecule has 0 aliphatic carbocycles. The summed E-state index contributed by atoms with van der Waals surface area (Å²) in [5, 5.41) is 9.03. The fraction of sp³-hybridized carbons (Fsp3) is 0.600. The first-order chi connectivity index (χ1) is 9.13. The molecule has 0 amide bonds. The van der Waals surface area contributed by atoms with Crippen LogP contribution in [0.15, 0.2) is 28.7 Å². The average Bonchev–Trinajstić information content (AvgIpc) is 2.44. The number of halogens is 1. The number of nitrogens with zero attached hydrogens (tertiary/aromatic N) is 1. The molecule has 2 unspecified atom stereocenters. The highest BCUT2D eigenvalue weighted by Gasteiger charge is 2.24. The molecule has 0 saturated heterocycles. The van der Waals surface area contributed by atoms with Gasteiger partial charge in [0.1, 0.15) is 0 Å². The molecule has 4 heteroatoms. The number of hydrogen-bond acceptors (Lipinski definition) is 3. The van der Waals surface area contributed by atoms with Crippen molar-refractivity contribution in [2.75, 3.05) is 19.7 Å². The number of likely N-dealkylation sites (N-methyl/N-ethyl adjacent to an activating group) is 1. The van der Waals surface area contributed by atoms with E-state index in [-0.39, 0.29) is 18.7 Å². The molecule has 0 saturated carbocycles. The Bertz CT molecular complexity index is 356. The maximum atomic E-state index is 9.03. The quantitative estimate of drug-likeness (QED) is 0.771. The number of nitrogens with two attached hydrogens (primary N) is 1. The molecule has 0 bridgehead atoms. The molecule has 3 N–H and O–H groups in total. The number of hydrogen-bond donors (Lipinski definition) is 2. The van der Waals surface area contributed by atoms with Gasteiger partial charge in [0.2, 0.25) is 0 Å². The minimum absolute atomic E-state index is 0.111. The average molecular weight is 329 g/mol. The summed E-state index contributed by atoms with van der Waals surface area (Å²) < 4.78 is 1.08. The van der Waals surface area contributed by atoms with Crippen molar-refractivity contribution in [3.63, 3.8) is 0 Å². The normalized spacial score (nSPS) is 14.6. The van der Waals surface area contributed by atoms with Gasteiger partial charge < -0.3 is 10.8 Å². The summed E-state index contributed by atoms with van der Waals surface area (Å²) in [4.78, 5) is 2.35. The number of aliphatic hydroxyl groups excluding tert-OH is 1. The molecule has 1 aromatic carbocycles. The summed E-state index contributed by atoms with van der Waals surface area (Å²) >= 11 is 3.47. The summed E-state index contributed by atoms with van der Waals surface area (Å²) in [5.41, 5.74) is 7.57. The Balaban J connectivity index is 2.95. The molecule has 0 radical (unpaired) electrons. The molecule has 0 aliphatic heterocycles. The van der Waals surface area contributed by atoms with Crippen LogP contribution in [-0.4, -0.2) is 35.7 Å². The monoisotopic (exact) mass is 328 g/mol. The van der Waals surface area contributed by atoms with Gasteiger partial charge in [-0.25, -0.2) is 0 Å². The predicted octanol–water partition coefficient (Wildman–Crippen LogP) is 2.93.